The zero-order chi connectivity index (χ0) is 9.95. The second-order valence-electron chi connectivity index (χ2n) is 4.63. The van der Waals surface area contributed by atoms with E-state index in [2.05, 4.69) is 13.8 Å². The molecule has 0 aromatic carbocycles. The number of rotatable bonds is 3. The van der Waals surface area contributed by atoms with Crippen LogP contribution < -0.4 is 5.73 Å². The highest BCUT2D eigenvalue weighted by Gasteiger charge is 2.42. The van der Waals surface area contributed by atoms with E-state index < -0.39 is 0 Å². The third-order valence-electron chi connectivity index (χ3n) is 3.28. The van der Waals surface area contributed by atoms with Crippen LogP contribution in [-0.2, 0) is 0 Å². The third-order valence-corrected chi connectivity index (χ3v) is 4.61. The second kappa shape index (κ2) is 4.20. The van der Waals surface area contributed by atoms with Gasteiger partial charge in [0, 0.05) is 17.9 Å². The Labute approximate surface area is 85.3 Å². The first-order valence-electron chi connectivity index (χ1n) is 4.99. The first-order chi connectivity index (χ1) is 6.02. The Morgan fingerprint density at radius 2 is 2.23 bits per heavy atom. The standard InChI is InChI=1S/C10H21NOS/c1-9(2,11)10(5-6-12)4-3-7-13-8-10/h12H,3-8,11H2,1-2H3. The molecule has 1 aliphatic heterocycles. The van der Waals surface area contributed by atoms with Crippen molar-refractivity contribution in [1.29, 1.82) is 0 Å². The summed E-state index contributed by atoms with van der Waals surface area (Å²) in [7, 11) is 0. The fourth-order valence-corrected chi connectivity index (χ4v) is 3.64. The fourth-order valence-electron chi connectivity index (χ4n) is 2.09. The first-order valence-corrected chi connectivity index (χ1v) is 6.15. The van der Waals surface area contributed by atoms with Gasteiger partial charge in [-0.2, -0.15) is 11.8 Å². The highest BCUT2D eigenvalue weighted by molar-refractivity contribution is 7.99. The summed E-state index contributed by atoms with van der Waals surface area (Å²) >= 11 is 1.98. The molecule has 0 aliphatic carbocycles. The number of aliphatic hydroxyl groups is 1. The van der Waals surface area contributed by atoms with Crippen LogP contribution in [0.4, 0.5) is 0 Å². The monoisotopic (exact) mass is 203 g/mol. The van der Waals surface area contributed by atoms with Crippen LogP contribution in [0.1, 0.15) is 33.1 Å². The van der Waals surface area contributed by atoms with E-state index in [9.17, 15) is 0 Å². The lowest BCUT2D eigenvalue weighted by Crippen LogP contribution is -2.54. The van der Waals surface area contributed by atoms with Crippen molar-refractivity contribution in [3.8, 4) is 0 Å². The molecule has 3 heteroatoms. The van der Waals surface area contributed by atoms with Gasteiger partial charge in [0.05, 0.1) is 0 Å². The van der Waals surface area contributed by atoms with Crippen molar-refractivity contribution in [2.24, 2.45) is 11.1 Å². The van der Waals surface area contributed by atoms with Crippen molar-refractivity contribution in [3.63, 3.8) is 0 Å². The smallest absolute Gasteiger partial charge is 0.0437 e. The van der Waals surface area contributed by atoms with Gasteiger partial charge in [-0.05, 0) is 44.3 Å². The molecular formula is C10H21NOS. The van der Waals surface area contributed by atoms with Crippen molar-refractivity contribution in [1.82, 2.24) is 0 Å². The molecular weight excluding hydrogens is 182 g/mol. The zero-order valence-electron chi connectivity index (χ0n) is 8.68. The number of aliphatic hydroxyl groups excluding tert-OH is 1. The lowest BCUT2D eigenvalue weighted by Gasteiger charge is -2.46. The molecule has 1 saturated heterocycles. The highest BCUT2D eigenvalue weighted by atomic mass is 32.2. The molecule has 0 aromatic rings. The van der Waals surface area contributed by atoms with Crippen LogP contribution in [0.3, 0.4) is 0 Å². The van der Waals surface area contributed by atoms with Crippen molar-refractivity contribution in [2.75, 3.05) is 18.1 Å². The zero-order valence-corrected chi connectivity index (χ0v) is 9.49. The predicted octanol–water partition coefficient (Wildman–Crippen LogP) is 1.62. The molecule has 3 N–H and O–H groups in total. The number of nitrogens with two attached hydrogens (primary N) is 1. The molecule has 2 nitrogen and oxygen atoms in total. The summed E-state index contributed by atoms with van der Waals surface area (Å²) < 4.78 is 0. The minimum absolute atomic E-state index is 0.157. The maximum atomic E-state index is 9.08. The van der Waals surface area contributed by atoms with Crippen LogP contribution in [0.2, 0.25) is 0 Å². The summed E-state index contributed by atoms with van der Waals surface area (Å²) in [4.78, 5) is 0. The Morgan fingerprint density at radius 1 is 1.54 bits per heavy atom. The van der Waals surface area contributed by atoms with Crippen molar-refractivity contribution < 1.29 is 5.11 Å². The molecule has 1 aliphatic rings. The van der Waals surface area contributed by atoms with E-state index in [0.717, 1.165) is 12.2 Å². The summed E-state index contributed by atoms with van der Waals surface area (Å²) in [5.41, 5.74) is 6.20. The molecule has 0 spiro atoms. The Balaban J connectivity index is 2.73. The van der Waals surface area contributed by atoms with E-state index in [4.69, 9.17) is 10.8 Å². The average Bonchev–Trinajstić information content (AvgIpc) is 2.04. The summed E-state index contributed by atoms with van der Waals surface area (Å²) in [6.07, 6.45) is 3.26. The van der Waals surface area contributed by atoms with Gasteiger partial charge in [0.15, 0.2) is 0 Å². The van der Waals surface area contributed by atoms with Gasteiger partial charge in [-0.25, -0.2) is 0 Å². The quantitative estimate of drug-likeness (QED) is 0.732. The Kier molecular flexibility index (Phi) is 3.66. The highest BCUT2D eigenvalue weighted by Crippen LogP contribution is 2.44. The van der Waals surface area contributed by atoms with Crippen molar-refractivity contribution in [2.45, 2.75) is 38.6 Å². The lowest BCUT2D eigenvalue weighted by atomic mass is 9.68. The molecule has 1 unspecified atom stereocenters. The molecule has 13 heavy (non-hydrogen) atoms. The van der Waals surface area contributed by atoms with Gasteiger partial charge in [0.1, 0.15) is 0 Å². The van der Waals surface area contributed by atoms with Crippen LogP contribution >= 0.6 is 11.8 Å². The van der Waals surface area contributed by atoms with Crippen LogP contribution in [-0.4, -0.2) is 28.8 Å². The first kappa shape index (κ1) is 11.3. The molecule has 1 atom stereocenters. The SMILES string of the molecule is CC(C)(N)C1(CCO)CCCSC1. The maximum absolute atomic E-state index is 9.08. The van der Waals surface area contributed by atoms with Gasteiger partial charge in [0.25, 0.3) is 0 Å². The largest absolute Gasteiger partial charge is 0.396 e. The van der Waals surface area contributed by atoms with Crippen LogP contribution in [0.5, 0.6) is 0 Å². The lowest BCUT2D eigenvalue weighted by molar-refractivity contribution is 0.110. The summed E-state index contributed by atoms with van der Waals surface area (Å²) in [5, 5.41) is 9.08. The molecule has 0 bridgehead atoms. The Hall–Kier alpha value is 0.270. The second-order valence-corrected chi connectivity index (χ2v) is 5.74. The predicted molar refractivity (Wildman–Crippen MR) is 59.0 cm³/mol. The third kappa shape index (κ3) is 2.39. The number of hydrogen-bond acceptors (Lipinski definition) is 3. The minimum atomic E-state index is -0.164. The minimum Gasteiger partial charge on any atom is -0.396 e. The van der Waals surface area contributed by atoms with Crippen LogP contribution in [0.25, 0.3) is 0 Å². The van der Waals surface area contributed by atoms with E-state index in [1.54, 1.807) is 0 Å². The summed E-state index contributed by atoms with van der Waals surface area (Å²) in [6.45, 7) is 4.45. The van der Waals surface area contributed by atoms with Gasteiger partial charge in [0.2, 0.25) is 0 Å². The summed E-state index contributed by atoms with van der Waals surface area (Å²) in [5.74, 6) is 2.36. The van der Waals surface area contributed by atoms with Crippen molar-refractivity contribution in [3.05, 3.63) is 0 Å². The molecule has 1 rings (SSSR count). The summed E-state index contributed by atoms with van der Waals surface area (Å²) in [6, 6.07) is 0. The van der Waals surface area contributed by atoms with Gasteiger partial charge in [-0.1, -0.05) is 0 Å². The Morgan fingerprint density at radius 3 is 2.62 bits per heavy atom. The Bertz CT molecular complexity index is 153. The fraction of sp³-hybridized carbons (Fsp3) is 1.00. The van der Waals surface area contributed by atoms with E-state index in [1.165, 1.54) is 18.6 Å². The van der Waals surface area contributed by atoms with Crippen molar-refractivity contribution >= 4 is 11.8 Å². The van der Waals surface area contributed by atoms with E-state index in [1.807, 2.05) is 11.8 Å². The molecule has 1 heterocycles. The van der Waals surface area contributed by atoms with Gasteiger partial charge >= 0.3 is 0 Å². The average molecular weight is 203 g/mol. The van der Waals surface area contributed by atoms with Gasteiger partial charge in [-0.3, -0.25) is 0 Å². The number of thioether (sulfide) groups is 1. The number of hydrogen-bond donors (Lipinski definition) is 2. The molecule has 1 fully saturated rings. The molecule has 78 valence electrons. The molecule has 0 aromatic heterocycles. The van der Waals surface area contributed by atoms with E-state index in [0.29, 0.717) is 0 Å². The molecule has 0 amide bonds. The molecule has 0 saturated carbocycles. The topological polar surface area (TPSA) is 46.2 Å². The van der Waals surface area contributed by atoms with Crippen LogP contribution in [0, 0.1) is 5.41 Å². The van der Waals surface area contributed by atoms with Gasteiger partial charge in [-0.15, -0.1) is 0 Å². The van der Waals surface area contributed by atoms with E-state index >= 15 is 0 Å². The van der Waals surface area contributed by atoms with Crippen LogP contribution in [0.15, 0.2) is 0 Å². The molecule has 0 radical (unpaired) electrons. The van der Waals surface area contributed by atoms with Gasteiger partial charge < -0.3 is 10.8 Å². The normalized spacial score (nSPS) is 30.5. The van der Waals surface area contributed by atoms with E-state index in [-0.39, 0.29) is 17.6 Å². The maximum Gasteiger partial charge on any atom is 0.0437 e.